The molecule has 4 rings (SSSR count). The van der Waals surface area contributed by atoms with Gasteiger partial charge in [-0.25, -0.2) is 0 Å². The van der Waals surface area contributed by atoms with Gasteiger partial charge in [-0.15, -0.1) is 20.4 Å². The fourth-order valence-electron chi connectivity index (χ4n) is 3.20. The van der Waals surface area contributed by atoms with Crippen LogP contribution in [-0.4, -0.2) is 29.9 Å². The summed E-state index contributed by atoms with van der Waals surface area (Å²) in [4.78, 5) is 2.33. The van der Waals surface area contributed by atoms with Gasteiger partial charge in [-0.3, -0.25) is 4.90 Å². The van der Waals surface area contributed by atoms with E-state index in [1.54, 1.807) is 0 Å². The zero-order valence-electron chi connectivity index (χ0n) is 14.1. The molecule has 7 nitrogen and oxygen atoms in total. The zero-order valence-corrected chi connectivity index (χ0v) is 14.1. The predicted molar refractivity (Wildman–Crippen MR) is 86.9 cm³/mol. The van der Waals surface area contributed by atoms with E-state index in [-0.39, 0.29) is 6.04 Å². The second-order valence-electron chi connectivity index (χ2n) is 6.28. The summed E-state index contributed by atoms with van der Waals surface area (Å²) < 4.78 is 7.76. The Labute approximate surface area is 140 Å². The van der Waals surface area contributed by atoms with Gasteiger partial charge in [-0.1, -0.05) is 24.3 Å². The highest BCUT2D eigenvalue weighted by Crippen LogP contribution is 2.33. The fourth-order valence-corrected chi connectivity index (χ4v) is 3.20. The summed E-state index contributed by atoms with van der Waals surface area (Å²) in [6.45, 7) is 5.30. The molecule has 3 aromatic rings. The summed E-state index contributed by atoms with van der Waals surface area (Å²) in [5.74, 6) is 3.11. The minimum absolute atomic E-state index is 0.0538. The Balaban J connectivity index is 1.69. The summed E-state index contributed by atoms with van der Waals surface area (Å²) in [5.41, 5.74) is 2.67. The Bertz CT molecular complexity index is 868. The highest BCUT2D eigenvalue weighted by atomic mass is 16.4. The van der Waals surface area contributed by atoms with Crippen molar-refractivity contribution in [3.8, 4) is 0 Å². The molecule has 0 bridgehead atoms. The normalized spacial score (nSPS) is 17.9. The molecule has 7 heteroatoms. The predicted octanol–water partition coefficient (Wildman–Crippen LogP) is 2.11. The van der Waals surface area contributed by atoms with Gasteiger partial charge in [0.25, 0.3) is 0 Å². The van der Waals surface area contributed by atoms with E-state index in [0.717, 1.165) is 24.6 Å². The van der Waals surface area contributed by atoms with Crippen LogP contribution in [0.5, 0.6) is 0 Å². The molecular weight excluding hydrogens is 304 g/mol. The maximum Gasteiger partial charge on any atom is 0.233 e. The van der Waals surface area contributed by atoms with Gasteiger partial charge in [0.05, 0.1) is 12.6 Å². The zero-order chi connectivity index (χ0) is 16.7. The molecule has 124 valence electrons. The Morgan fingerprint density at radius 3 is 2.54 bits per heavy atom. The van der Waals surface area contributed by atoms with Crippen molar-refractivity contribution in [1.29, 1.82) is 0 Å². The third-order valence-electron chi connectivity index (χ3n) is 4.70. The summed E-state index contributed by atoms with van der Waals surface area (Å²) in [6, 6.07) is 8.57. The first kappa shape index (κ1) is 15.0. The van der Waals surface area contributed by atoms with Crippen molar-refractivity contribution in [2.24, 2.45) is 7.05 Å². The second kappa shape index (κ2) is 5.83. The van der Waals surface area contributed by atoms with Gasteiger partial charge in [-0.05, 0) is 24.5 Å². The largest absolute Gasteiger partial charge is 0.424 e. The lowest BCUT2D eigenvalue weighted by molar-refractivity contribution is 0.132. The quantitative estimate of drug-likeness (QED) is 0.735. The van der Waals surface area contributed by atoms with Crippen LogP contribution in [-0.2, 0) is 26.6 Å². The second-order valence-corrected chi connectivity index (χ2v) is 6.28. The summed E-state index contributed by atoms with van der Waals surface area (Å²) in [7, 11) is 1.99. The monoisotopic (exact) mass is 324 g/mol. The van der Waals surface area contributed by atoms with Crippen LogP contribution < -0.4 is 0 Å². The van der Waals surface area contributed by atoms with Gasteiger partial charge in [0, 0.05) is 20.5 Å². The standard InChI is InChI=1S/C17H20N6O/c1-11-18-20-16(22(11)3)10-23-9-14-7-5-4-6-13(14)8-15(23)17-21-19-12(2)24-17/h4-7,15H,8-10H2,1-3H3. The molecule has 2 aromatic heterocycles. The van der Waals surface area contributed by atoms with E-state index in [4.69, 9.17) is 4.42 Å². The molecule has 1 aliphatic rings. The van der Waals surface area contributed by atoms with Crippen molar-refractivity contribution < 1.29 is 4.42 Å². The molecular formula is C17H20N6O. The lowest BCUT2D eigenvalue weighted by Crippen LogP contribution is -2.34. The van der Waals surface area contributed by atoms with Crippen LogP contribution in [0.25, 0.3) is 0 Å². The van der Waals surface area contributed by atoms with Crippen molar-refractivity contribution in [3.05, 3.63) is 58.8 Å². The van der Waals surface area contributed by atoms with Crippen LogP contribution in [0.1, 0.15) is 40.6 Å². The molecule has 1 aliphatic heterocycles. The highest BCUT2D eigenvalue weighted by Gasteiger charge is 2.32. The molecule has 3 heterocycles. The molecule has 1 atom stereocenters. The smallest absolute Gasteiger partial charge is 0.233 e. The topological polar surface area (TPSA) is 72.9 Å². The van der Waals surface area contributed by atoms with E-state index >= 15 is 0 Å². The van der Waals surface area contributed by atoms with Crippen molar-refractivity contribution in [3.63, 3.8) is 0 Å². The van der Waals surface area contributed by atoms with Gasteiger partial charge in [0.2, 0.25) is 11.8 Å². The number of nitrogens with zero attached hydrogens (tertiary/aromatic N) is 6. The third-order valence-corrected chi connectivity index (χ3v) is 4.70. The van der Waals surface area contributed by atoms with Crippen LogP contribution in [0, 0.1) is 13.8 Å². The first-order chi connectivity index (χ1) is 11.6. The molecule has 1 aromatic carbocycles. The molecule has 0 spiro atoms. The van der Waals surface area contributed by atoms with Crippen LogP contribution in [0.15, 0.2) is 28.7 Å². The van der Waals surface area contributed by atoms with E-state index < -0.39 is 0 Å². The van der Waals surface area contributed by atoms with Gasteiger partial charge in [-0.2, -0.15) is 0 Å². The van der Waals surface area contributed by atoms with E-state index in [2.05, 4.69) is 49.6 Å². The van der Waals surface area contributed by atoms with Crippen LogP contribution >= 0.6 is 0 Å². The molecule has 0 amide bonds. The number of rotatable bonds is 3. The number of hydrogen-bond donors (Lipinski definition) is 0. The summed E-state index contributed by atoms with van der Waals surface area (Å²) in [5, 5.41) is 16.7. The summed E-state index contributed by atoms with van der Waals surface area (Å²) in [6.07, 6.45) is 0.856. The van der Waals surface area contributed by atoms with Crippen molar-refractivity contribution in [2.45, 2.75) is 39.4 Å². The SMILES string of the molecule is Cc1nnc(C2Cc3ccccc3CN2Cc2nnc(C)n2C)o1. The molecule has 0 saturated heterocycles. The number of benzene rings is 1. The molecule has 1 unspecified atom stereocenters. The van der Waals surface area contributed by atoms with Gasteiger partial charge in [0.1, 0.15) is 11.6 Å². The van der Waals surface area contributed by atoms with Crippen molar-refractivity contribution in [2.75, 3.05) is 0 Å². The van der Waals surface area contributed by atoms with Gasteiger partial charge < -0.3 is 8.98 Å². The van der Waals surface area contributed by atoms with Crippen molar-refractivity contribution >= 4 is 0 Å². The van der Waals surface area contributed by atoms with E-state index in [1.807, 2.05) is 25.5 Å². The Morgan fingerprint density at radius 1 is 1.08 bits per heavy atom. The average molecular weight is 324 g/mol. The van der Waals surface area contributed by atoms with Crippen LogP contribution in [0.3, 0.4) is 0 Å². The van der Waals surface area contributed by atoms with Gasteiger partial charge in [0.15, 0.2) is 0 Å². The molecule has 0 saturated carbocycles. The molecule has 24 heavy (non-hydrogen) atoms. The van der Waals surface area contributed by atoms with E-state index in [9.17, 15) is 0 Å². The van der Waals surface area contributed by atoms with Crippen molar-refractivity contribution in [1.82, 2.24) is 29.9 Å². The fraction of sp³-hybridized carbons (Fsp3) is 0.412. The van der Waals surface area contributed by atoms with Crippen LogP contribution in [0.4, 0.5) is 0 Å². The minimum Gasteiger partial charge on any atom is -0.424 e. The maximum absolute atomic E-state index is 5.73. The molecule has 0 aliphatic carbocycles. The highest BCUT2D eigenvalue weighted by molar-refractivity contribution is 5.30. The van der Waals surface area contributed by atoms with Crippen LogP contribution in [0.2, 0.25) is 0 Å². The third kappa shape index (κ3) is 2.60. The lowest BCUT2D eigenvalue weighted by atomic mass is 9.94. The Kier molecular flexibility index (Phi) is 3.65. The number of fused-ring (bicyclic) bond motifs is 1. The molecule has 0 N–H and O–H groups in total. The molecule has 0 radical (unpaired) electrons. The first-order valence-corrected chi connectivity index (χ1v) is 8.07. The lowest BCUT2D eigenvalue weighted by Gasteiger charge is -2.34. The maximum atomic E-state index is 5.73. The van der Waals surface area contributed by atoms with Gasteiger partial charge >= 0.3 is 0 Å². The average Bonchev–Trinajstić information content (AvgIpc) is 3.15. The Hall–Kier alpha value is -2.54. The van der Waals surface area contributed by atoms with E-state index in [1.165, 1.54) is 11.1 Å². The minimum atomic E-state index is 0.0538. The number of aromatic nitrogens is 5. The number of aryl methyl sites for hydroxylation is 2. The first-order valence-electron chi connectivity index (χ1n) is 8.07. The number of hydrogen-bond acceptors (Lipinski definition) is 6. The Morgan fingerprint density at radius 2 is 1.88 bits per heavy atom. The molecule has 0 fully saturated rings. The van der Waals surface area contributed by atoms with E-state index in [0.29, 0.717) is 18.3 Å². The summed E-state index contributed by atoms with van der Waals surface area (Å²) >= 11 is 0.